The van der Waals surface area contributed by atoms with Crippen LogP contribution in [0.25, 0.3) is 0 Å². The number of methoxy groups -OCH3 is 1. The fourth-order valence-corrected chi connectivity index (χ4v) is 3.74. The highest BCUT2D eigenvalue weighted by atomic mass is 35.5. The summed E-state index contributed by atoms with van der Waals surface area (Å²) in [6.07, 6.45) is 0.360. The Morgan fingerprint density at radius 1 is 1.21 bits per heavy atom. The Labute approximate surface area is 167 Å². The van der Waals surface area contributed by atoms with E-state index in [9.17, 15) is 4.79 Å². The number of nitrogens with one attached hydrogen (secondary N) is 2. The number of nitrogens with zero attached hydrogens (tertiary/aromatic N) is 1. The van der Waals surface area contributed by atoms with E-state index in [1.807, 2.05) is 49.4 Å². The number of halogens is 1. The minimum atomic E-state index is -0.0848. The Bertz CT molecular complexity index is 1030. The highest BCUT2D eigenvalue weighted by molar-refractivity contribution is 6.30. The van der Waals surface area contributed by atoms with Gasteiger partial charge >= 0.3 is 0 Å². The zero-order valence-electron chi connectivity index (χ0n) is 15.6. The molecule has 0 fully saturated rings. The van der Waals surface area contributed by atoms with E-state index in [-0.39, 0.29) is 11.8 Å². The average Bonchev–Trinajstić information content (AvgIpc) is 3.06. The van der Waals surface area contributed by atoms with E-state index >= 15 is 0 Å². The second-order valence-corrected chi connectivity index (χ2v) is 7.18. The predicted molar refractivity (Wildman–Crippen MR) is 107 cm³/mol. The van der Waals surface area contributed by atoms with Gasteiger partial charge in [-0.05, 0) is 42.3 Å². The number of carbonyl (C=O) groups excluding carboxylic acids is 1. The number of aromatic nitrogens is 2. The summed E-state index contributed by atoms with van der Waals surface area (Å²) >= 11 is 6.03. The van der Waals surface area contributed by atoms with Crippen LogP contribution in [0.4, 0.5) is 5.82 Å². The van der Waals surface area contributed by atoms with Gasteiger partial charge in [0.1, 0.15) is 6.61 Å². The van der Waals surface area contributed by atoms with Crippen LogP contribution in [0.3, 0.4) is 0 Å². The van der Waals surface area contributed by atoms with Crippen molar-refractivity contribution < 1.29 is 14.3 Å². The largest absolute Gasteiger partial charge is 0.493 e. The molecule has 2 N–H and O–H groups in total. The molecule has 1 aliphatic heterocycles. The van der Waals surface area contributed by atoms with Crippen molar-refractivity contribution >= 4 is 23.3 Å². The molecule has 2 aromatic carbocycles. The summed E-state index contributed by atoms with van der Waals surface area (Å²) in [5.74, 6) is 1.71. The van der Waals surface area contributed by atoms with Gasteiger partial charge in [-0.15, -0.1) is 0 Å². The highest BCUT2D eigenvalue weighted by Crippen LogP contribution is 2.40. The zero-order chi connectivity index (χ0) is 19.7. The summed E-state index contributed by atoms with van der Waals surface area (Å²) in [5.41, 5.74) is 3.91. The van der Waals surface area contributed by atoms with Gasteiger partial charge in [-0.2, -0.15) is 5.10 Å². The topological polar surface area (TPSA) is 76.2 Å². The van der Waals surface area contributed by atoms with Crippen LogP contribution < -0.4 is 14.8 Å². The Morgan fingerprint density at radius 2 is 2.07 bits per heavy atom. The lowest BCUT2D eigenvalue weighted by Crippen LogP contribution is -2.23. The number of benzene rings is 2. The Hall–Kier alpha value is -2.99. The van der Waals surface area contributed by atoms with Crippen molar-refractivity contribution in [3.63, 3.8) is 0 Å². The lowest BCUT2D eigenvalue weighted by atomic mass is 9.85. The van der Waals surface area contributed by atoms with Crippen LogP contribution in [0.5, 0.6) is 11.5 Å². The van der Waals surface area contributed by atoms with Gasteiger partial charge in [0, 0.05) is 28.6 Å². The second-order valence-electron chi connectivity index (χ2n) is 6.74. The molecule has 0 unspecified atom stereocenters. The summed E-state index contributed by atoms with van der Waals surface area (Å²) in [6, 6.07) is 13.3. The maximum absolute atomic E-state index is 12.1. The zero-order valence-corrected chi connectivity index (χ0v) is 16.3. The van der Waals surface area contributed by atoms with Gasteiger partial charge in [0.15, 0.2) is 17.3 Å². The van der Waals surface area contributed by atoms with Crippen molar-refractivity contribution in [3.05, 3.63) is 69.9 Å². The van der Waals surface area contributed by atoms with Crippen LogP contribution in [0.2, 0.25) is 5.02 Å². The van der Waals surface area contributed by atoms with E-state index in [1.54, 1.807) is 7.11 Å². The molecule has 0 saturated heterocycles. The number of hydrogen-bond acceptors (Lipinski definition) is 4. The first kappa shape index (κ1) is 18.4. The smallest absolute Gasteiger partial charge is 0.226 e. The Balaban J connectivity index is 1.60. The molecule has 1 atom stereocenters. The first-order valence-electron chi connectivity index (χ1n) is 8.95. The van der Waals surface area contributed by atoms with Gasteiger partial charge in [-0.3, -0.25) is 9.89 Å². The number of aryl methyl sites for hydroxylation is 1. The predicted octanol–water partition coefficient (Wildman–Crippen LogP) is 4.43. The molecular weight excluding hydrogens is 378 g/mol. The van der Waals surface area contributed by atoms with E-state index in [0.717, 1.165) is 22.4 Å². The summed E-state index contributed by atoms with van der Waals surface area (Å²) < 4.78 is 11.5. The Kier molecular flexibility index (Phi) is 4.96. The number of rotatable bonds is 5. The molecule has 4 rings (SSSR count). The molecule has 0 radical (unpaired) electrons. The first-order chi connectivity index (χ1) is 13.5. The quantitative estimate of drug-likeness (QED) is 0.667. The second kappa shape index (κ2) is 7.56. The first-order valence-corrected chi connectivity index (χ1v) is 9.33. The molecule has 144 valence electrons. The van der Waals surface area contributed by atoms with Crippen molar-refractivity contribution in [3.8, 4) is 11.5 Å². The molecular formula is C21H20ClN3O3. The van der Waals surface area contributed by atoms with Gasteiger partial charge in [-0.1, -0.05) is 29.8 Å². The fourth-order valence-electron chi connectivity index (χ4n) is 3.52. The number of H-pyrrole nitrogens is 1. The van der Waals surface area contributed by atoms with E-state index in [1.165, 1.54) is 0 Å². The number of ether oxygens (including phenoxy) is 2. The maximum Gasteiger partial charge on any atom is 0.226 e. The molecule has 0 spiro atoms. The molecule has 1 aromatic heterocycles. The minimum Gasteiger partial charge on any atom is -0.493 e. The molecule has 3 aromatic rings. The molecule has 0 aliphatic carbocycles. The van der Waals surface area contributed by atoms with Crippen molar-refractivity contribution in [2.45, 2.75) is 25.9 Å². The van der Waals surface area contributed by atoms with Gasteiger partial charge in [-0.25, -0.2) is 0 Å². The third kappa shape index (κ3) is 3.55. The van der Waals surface area contributed by atoms with E-state index in [2.05, 4.69) is 15.5 Å². The van der Waals surface area contributed by atoms with Gasteiger partial charge < -0.3 is 14.8 Å². The number of anilines is 1. The van der Waals surface area contributed by atoms with Crippen molar-refractivity contribution in [2.24, 2.45) is 0 Å². The third-order valence-electron chi connectivity index (χ3n) is 4.86. The van der Waals surface area contributed by atoms with Crippen LogP contribution in [-0.2, 0) is 11.4 Å². The van der Waals surface area contributed by atoms with E-state index in [4.69, 9.17) is 21.1 Å². The third-order valence-corrected chi connectivity index (χ3v) is 5.10. The summed E-state index contributed by atoms with van der Waals surface area (Å²) in [6.45, 7) is 2.34. The number of hydrogen-bond donors (Lipinski definition) is 2. The van der Waals surface area contributed by atoms with E-state index in [0.29, 0.717) is 35.4 Å². The monoisotopic (exact) mass is 397 g/mol. The number of fused-ring (bicyclic) bond motifs is 1. The molecule has 28 heavy (non-hydrogen) atoms. The lowest BCUT2D eigenvalue weighted by Gasteiger charge is -2.23. The fraction of sp³-hybridized carbons (Fsp3) is 0.238. The number of carbonyl (C=O) groups is 1. The van der Waals surface area contributed by atoms with Gasteiger partial charge in [0.25, 0.3) is 0 Å². The molecule has 1 amide bonds. The highest BCUT2D eigenvalue weighted by Gasteiger charge is 2.31. The van der Waals surface area contributed by atoms with Crippen LogP contribution in [0.15, 0.2) is 42.5 Å². The van der Waals surface area contributed by atoms with Gasteiger partial charge in [0.05, 0.1) is 7.11 Å². The van der Waals surface area contributed by atoms with Crippen LogP contribution in [0.1, 0.15) is 34.7 Å². The SMILES string of the molecule is COc1cc([C@H]2CC(=O)Nc3n[nH]c(C)c32)ccc1OCc1cccc(Cl)c1. The van der Waals surface area contributed by atoms with Crippen molar-refractivity contribution in [1.82, 2.24) is 10.2 Å². The van der Waals surface area contributed by atoms with Crippen molar-refractivity contribution in [1.29, 1.82) is 0 Å². The number of aromatic amines is 1. The maximum atomic E-state index is 12.1. The van der Waals surface area contributed by atoms with E-state index < -0.39 is 0 Å². The minimum absolute atomic E-state index is 0.0516. The lowest BCUT2D eigenvalue weighted by molar-refractivity contribution is -0.116. The summed E-state index contributed by atoms with van der Waals surface area (Å²) in [5, 5.41) is 10.6. The summed E-state index contributed by atoms with van der Waals surface area (Å²) in [7, 11) is 1.60. The van der Waals surface area contributed by atoms with Crippen LogP contribution in [0, 0.1) is 6.92 Å². The molecule has 2 heterocycles. The van der Waals surface area contributed by atoms with Crippen LogP contribution >= 0.6 is 11.6 Å². The molecule has 0 bridgehead atoms. The van der Waals surface area contributed by atoms with Gasteiger partial charge in [0.2, 0.25) is 5.91 Å². The molecule has 1 aliphatic rings. The molecule has 6 nitrogen and oxygen atoms in total. The average molecular weight is 398 g/mol. The van der Waals surface area contributed by atoms with Crippen molar-refractivity contribution in [2.75, 3.05) is 12.4 Å². The standard InChI is InChI=1S/C21H20ClN3O3/c1-12-20-16(10-19(26)23-21(20)25-24-12)14-6-7-17(18(9-14)27-2)28-11-13-4-3-5-15(22)8-13/h3-9,16H,10-11H2,1-2H3,(H2,23,24,25,26)/t16-/m1/s1. The van der Waals surface area contributed by atoms with Crippen LogP contribution in [-0.4, -0.2) is 23.2 Å². The molecule has 0 saturated carbocycles. The normalized spacial score (nSPS) is 15.7. The Morgan fingerprint density at radius 3 is 2.86 bits per heavy atom. The summed E-state index contributed by atoms with van der Waals surface area (Å²) in [4.78, 5) is 12.1. The number of amides is 1. The molecule has 7 heteroatoms.